The monoisotopic (exact) mass is 547 g/mol. The average molecular weight is 548 g/mol. The lowest BCUT2D eigenvalue weighted by Crippen LogP contribution is -2.25. The quantitative estimate of drug-likeness (QED) is 0.272. The maximum absolute atomic E-state index is 15.3. The summed E-state index contributed by atoms with van der Waals surface area (Å²) in [5.41, 5.74) is 6.64. The van der Waals surface area contributed by atoms with E-state index in [1.54, 1.807) is 0 Å². The number of fused-ring (bicyclic) bond motifs is 2. The molecule has 3 aromatic carbocycles. The number of hydrogen-bond donors (Lipinski definition) is 1. The Morgan fingerprint density at radius 1 is 1.07 bits per heavy atom. The summed E-state index contributed by atoms with van der Waals surface area (Å²) in [7, 11) is 1.38. The van der Waals surface area contributed by atoms with Crippen LogP contribution in [0.2, 0.25) is 0 Å². The molecule has 0 fully saturated rings. The Morgan fingerprint density at radius 2 is 1.85 bits per heavy atom. The molecule has 0 saturated carbocycles. The van der Waals surface area contributed by atoms with Crippen molar-refractivity contribution in [3.8, 4) is 28.4 Å². The molecule has 0 spiro atoms. The third kappa shape index (κ3) is 5.62. The maximum Gasteiger partial charge on any atom is 0.306 e. The van der Waals surface area contributed by atoms with E-state index in [0.29, 0.717) is 49.7 Å². The molecule has 1 aliphatic heterocycles. The first-order valence-electron chi connectivity index (χ1n) is 13.6. The molecule has 0 radical (unpaired) electrons. The third-order valence-electron chi connectivity index (χ3n) is 7.59. The highest BCUT2D eigenvalue weighted by molar-refractivity contribution is 5.77. The van der Waals surface area contributed by atoms with E-state index in [9.17, 15) is 9.59 Å². The Labute approximate surface area is 233 Å². The Hall–Kier alpha value is -4.07. The Morgan fingerprint density at radius 3 is 2.58 bits per heavy atom. The second-order valence-electron chi connectivity index (χ2n) is 10.4. The van der Waals surface area contributed by atoms with Gasteiger partial charge in [0.05, 0.1) is 26.7 Å². The van der Waals surface area contributed by atoms with Crippen molar-refractivity contribution in [1.29, 1.82) is 0 Å². The number of amides is 1. The second kappa shape index (κ2) is 11.6. The summed E-state index contributed by atoms with van der Waals surface area (Å²) in [6.45, 7) is 6.76. The molecule has 1 heterocycles. The van der Waals surface area contributed by atoms with Gasteiger partial charge >= 0.3 is 5.97 Å². The van der Waals surface area contributed by atoms with Gasteiger partial charge in [-0.2, -0.15) is 0 Å². The highest BCUT2D eigenvalue weighted by atomic mass is 19.1. The van der Waals surface area contributed by atoms with Gasteiger partial charge in [0, 0.05) is 30.0 Å². The van der Waals surface area contributed by atoms with Crippen molar-refractivity contribution in [3.63, 3.8) is 0 Å². The molecule has 2 atom stereocenters. The molecule has 0 aromatic heterocycles. The van der Waals surface area contributed by atoms with Gasteiger partial charge < -0.3 is 24.3 Å². The fourth-order valence-electron chi connectivity index (χ4n) is 5.80. The minimum atomic E-state index is -0.419. The van der Waals surface area contributed by atoms with Gasteiger partial charge in [-0.1, -0.05) is 12.1 Å². The van der Waals surface area contributed by atoms with Crippen LogP contribution in [0.15, 0.2) is 42.5 Å². The SMILES string of the molecule is COC(=O)CC1COc2cc(OC3CCc4c(-c5c(C)cc(OCCNC(C)=O)cc5C)ccc(F)c43)ccc21. The van der Waals surface area contributed by atoms with Gasteiger partial charge in [0.25, 0.3) is 0 Å². The van der Waals surface area contributed by atoms with E-state index in [-0.39, 0.29) is 30.0 Å². The van der Waals surface area contributed by atoms with Gasteiger partial charge in [0.15, 0.2) is 0 Å². The average Bonchev–Trinajstić information content (AvgIpc) is 3.52. The first-order chi connectivity index (χ1) is 19.2. The van der Waals surface area contributed by atoms with E-state index in [2.05, 4.69) is 5.32 Å². The predicted molar refractivity (Wildman–Crippen MR) is 148 cm³/mol. The zero-order valence-corrected chi connectivity index (χ0v) is 23.3. The standard InChI is InChI=1S/C32H34FNO6/c1-18-13-23(38-12-11-34-20(3)35)14-19(2)31(18)25-7-9-27(33)32-26(25)8-10-28(32)40-22-5-6-24-21(15-30(36)37-4)17-39-29(24)16-22/h5-7,9,13-14,16,21,28H,8,10-12,15,17H2,1-4H3,(H,34,35). The van der Waals surface area contributed by atoms with Crippen LogP contribution in [0, 0.1) is 19.7 Å². The van der Waals surface area contributed by atoms with E-state index < -0.39 is 6.10 Å². The number of methoxy groups -OCH3 is 1. The van der Waals surface area contributed by atoms with Gasteiger partial charge in [0.1, 0.15) is 35.8 Å². The van der Waals surface area contributed by atoms with Crippen LogP contribution in [0.3, 0.4) is 0 Å². The third-order valence-corrected chi connectivity index (χ3v) is 7.59. The Kier molecular flexibility index (Phi) is 7.96. The van der Waals surface area contributed by atoms with E-state index in [4.69, 9.17) is 18.9 Å². The van der Waals surface area contributed by atoms with Crippen LogP contribution in [0.4, 0.5) is 4.39 Å². The summed E-state index contributed by atoms with van der Waals surface area (Å²) in [5, 5.41) is 2.72. The van der Waals surface area contributed by atoms with Crippen LogP contribution < -0.4 is 19.5 Å². The molecule has 0 bridgehead atoms. The summed E-state index contributed by atoms with van der Waals surface area (Å²) in [5.74, 6) is 1.33. The largest absolute Gasteiger partial charge is 0.492 e. The Bertz CT molecular complexity index is 1430. The highest BCUT2D eigenvalue weighted by Gasteiger charge is 2.32. The molecule has 40 heavy (non-hydrogen) atoms. The number of carbonyl (C=O) groups is 2. The number of hydrogen-bond acceptors (Lipinski definition) is 6. The van der Waals surface area contributed by atoms with Crippen molar-refractivity contribution in [3.05, 3.63) is 76.1 Å². The molecule has 5 rings (SSSR count). The number of esters is 1. The van der Waals surface area contributed by atoms with Gasteiger partial charge in [-0.15, -0.1) is 0 Å². The molecule has 0 saturated heterocycles. The second-order valence-corrected chi connectivity index (χ2v) is 10.4. The number of carbonyl (C=O) groups excluding carboxylic acids is 2. The number of ether oxygens (including phenoxy) is 4. The van der Waals surface area contributed by atoms with Crippen LogP contribution in [0.1, 0.15) is 59.6 Å². The topological polar surface area (TPSA) is 83.1 Å². The summed E-state index contributed by atoms with van der Waals surface area (Å²) >= 11 is 0. The predicted octanol–water partition coefficient (Wildman–Crippen LogP) is 5.73. The molecule has 7 nitrogen and oxygen atoms in total. The zero-order valence-electron chi connectivity index (χ0n) is 23.3. The van der Waals surface area contributed by atoms with Crippen molar-refractivity contribution in [2.75, 3.05) is 26.9 Å². The van der Waals surface area contributed by atoms with Crippen molar-refractivity contribution < 1.29 is 32.9 Å². The smallest absolute Gasteiger partial charge is 0.306 e. The zero-order chi connectivity index (χ0) is 28.4. The van der Waals surface area contributed by atoms with Crippen molar-refractivity contribution in [2.45, 2.75) is 52.1 Å². The van der Waals surface area contributed by atoms with Crippen molar-refractivity contribution in [2.24, 2.45) is 0 Å². The molecule has 210 valence electrons. The lowest BCUT2D eigenvalue weighted by Gasteiger charge is -2.19. The van der Waals surface area contributed by atoms with E-state index in [1.165, 1.54) is 20.1 Å². The van der Waals surface area contributed by atoms with Crippen molar-refractivity contribution in [1.82, 2.24) is 5.32 Å². The van der Waals surface area contributed by atoms with Crippen molar-refractivity contribution >= 4 is 11.9 Å². The van der Waals surface area contributed by atoms with Gasteiger partial charge in [-0.25, -0.2) is 4.39 Å². The molecule has 1 aliphatic carbocycles. The number of aryl methyl sites for hydroxylation is 2. The number of rotatable bonds is 9. The molecule has 8 heteroatoms. The first-order valence-corrected chi connectivity index (χ1v) is 13.6. The lowest BCUT2D eigenvalue weighted by molar-refractivity contribution is -0.141. The summed E-state index contributed by atoms with van der Waals surface area (Å²) in [4.78, 5) is 22.8. The normalized spacial score (nSPS) is 17.0. The van der Waals surface area contributed by atoms with Gasteiger partial charge in [0.2, 0.25) is 5.91 Å². The number of benzene rings is 3. The number of nitrogens with one attached hydrogen (secondary N) is 1. The molecule has 1 N–H and O–H groups in total. The van der Waals surface area contributed by atoms with E-state index in [0.717, 1.165) is 39.1 Å². The van der Waals surface area contributed by atoms with Crippen LogP contribution in [0.5, 0.6) is 17.2 Å². The molecule has 3 aromatic rings. The fourth-order valence-corrected chi connectivity index (χ4v) is 5.80. The van der Waals surface area contributed by atoms with Crippen LogP contribution in [-0.2, 0) is 20.7 Å². The maximum atomic E-state index is 15.3. The fraction of sp³-hybridized carbons (Fsp3) is 0.375. The minimum absolute atomic E-state index is 0.0517. The molecular weight excluding hydrogens is 513 g/mol. The molecule has 2 unspecified atom stereocenters. The van der Waals surface area contributed by atoms with Crippen LogP contribution >= 0.6 is 0 Å². The number of halogens is 1. The molecule has 1 amide bonds. The van der Waals surface area contributed by atoms with E-state index >= 15 is 4.39 Å². The van der Waals surface area contributed by atoms with Gasteiger partial charge in [-0.3, -0.25) is 9.59 Å². The summed E-state index contributed by atoms with van der Waals surface area (Å²) < 4.78 is 38.0. The summed E-state index contributed by atoms with van der Waals surface area (Å²) in [6, 6.07) is 12.9. The minimum Gasteiger partial charge on any atom is -0.492 e. The molecule has 2 aliphatic rings. The van der Waals surface area contributed by atoms with Gasteiger partial charge in [-0.05, 0) is 78.8 Å². The summed E-state index contributed by atoms with van der Waals surface area (Å²) in [6.07, 6.45) is 1.20. The highest BCUT2D eigenvalue weighted by Crippen LogP contribution is 2.45. The van der Waals surface area contributed by atoms with Crippen LogP contribution in [0.25, 0.3) is 11.1 Å². The first kappa shape index (κ1) is 27.5. The lowest BCUT2D eigenvalue weighted by atomic mass is 9.90. The molecular formula is C32H34FNO6. The Balaban J connectivity index is 1.36. The van der Waals surface area contributed by atoms with E-state index in [1.807, 2.05) is 50.2 Å². The van der Waals surface area contributed by atoms with Crippen LogP contribution in [-0.4, -0.2) is 38.7 Å².